The van der Waals surface area contributed by atoms with Crippen LogP contribution in [0.5, 0.6) is 0 Å². The maximum absolute atomic E-state index is 12.7. The van der Waals surface area contributed by atoms with Crippen molar-refractivity contribution in [3.63, 3.8) is 0 Å². The quantitative estimate of drug-likeness (QED) is 0.693. The second-order valence-corrected chi connectivity index (χ2v) is 3.56. The molecule has 0 bridgehead atoms. The highest BCUT2D eigenvalue weighted by atomic mass is 19.3. The molecule has 0 radical (unpaired) electrons. The second kappa shape index (κ2) is 3.57. The van der Waals surface area contributed by atoms with Gasteiger partial charge in [-0.2, -0.15) is 0 Å². The normalized spacial score (nSPS) is 25.5. The minimum atomic E-state index is -2.62. The van der Waals surface area contributed by atoms with Crippen LogP contribution < -0.4 is 5.73 Å². The van der Waals surface area contributed by atoms with Crippen LogP contribution in [0.2, 0.25) is 0 Å². The minimum Gasteiger partial charge on any atom is -0.480 e. The van der Waals surface area contributed by atoms with Gasteiger partial charge in [0.2, 0.25) is 5.92 Å². The van der Waals surface area contributed by atoms with Gasteiger partial charge in [-0.25, -0.2) is 8.78 Å². The Labute approximate surface area is 74.9 Å². The van der Waals surface area contributed by atoms with Crippen molar-refractivity contribution in [2.75, 3.05) is 0 Å². The van der Waals surface area contributed by atoms with E-state index in [-0.39, 0.29) is 31.6 Å². The standard InChI is InChI=1S/C8H13F2NO2/c9-8(10)3-1-5(2-4-8)6(11)7(12)13/h5-6H,1-4,11H2,(H,12,13)/t6-/m0/s1. The lowest BCUT2D eigenvalue weighted by molar-refractivity contribution is -0.141. The van der Waals surface area contributed by atoms with E-state index in [2.05, 4.69) is 0 Å². The van der Waals surface area contributed by atoms with Crippen LogP contribution in [-0.4, -0.2) is 23.0 Å². The summed E-state index contributed by atoms with van der Waals surface area (Å²) in [5, 5.41) is 8.55. The first kappa shape index (κ1) is 10.4. The largest absolute Gasteiger partial charge is 0.480 e. The van der Waals surface area contributed by atoms with Gasteiger partial charge in [-0.1, -0.05) is 0 Å². The smallest absolute Gasteiger partial charge is 0.320 e. The lowest BCUT2D eigenvalue weighted by atomic mass is 9.82. The third-order valence-corrected chi connectivity index (χ3v) is 2.55. The third kappa shape index (κ3) is 2.62. The van der Waals surface area contributed by atoms with Gasteiger partial charge >= 0.3 is 5.97 Å². The molecule has 1 rings (SSSR count). The number of aliphatic carboxylic acids is 1. The molecule has 0 unspecified atom stereocenters. The van der Waals surface area contributed by atoms with E-state index in [0.29, 0.717) is 0 Å². The summed E-state index contributed by atoms with van der Waals surface area (Å²) < 4.78 is 25.3. The lowest BCUT2D eigenvalue weighted by Crippen LogP contribution is -2.41. The maximum Gasteiger partial charge on any atom is 0.320 e. The van der Waals surface area contributed by atoms with Crippen molar-refractivity contribution >= 4 is 5.97 Å². The first-order valence-electron chi connectivity index (χ1n) is 4.28. The van der Waals surface area contributed by atoms with E-state index in [4.69, 9.17) is 10.8 Å². The summed E-state index contributed by atoms with van der Waals surface area (Å²) in [4.78, 5) is 10.4. The van der Waals surface area contributed by atoms with Gasteiger partial charge in [0, 0.05) is 12.8 Å². The van der Waals surface area contributed by atoms with Crippen LogP contribution in [0.15, 0.2) is 0 Å². The Morgan fingerprint density at radius 2 is 1.92 bits per heavy atom. The summed E-state index contributed by atoms with van der Waals surface area (Å²) in [6.45, 7) is 0. The van der Waals surface area contributed by atoms with E-state index in [9.17, 15) is 13.6 Å². The molecule has 0 amide bonds. The highest BCUT2D eigenvalue weighted by molar-refractivity contribution is 5.73. The van der Waals surface area contributed by atoms with Gasteiger partial charge in [-0.05, 0) is 18.8 Å². The molecule has 5 heteroatoms. The zero-order chi connectivity index (χ0) is 10.1. The Hall–Kier alpha value is -0.710. The van der Waals surface area contributed by atoms with Gasteiger partial charge in [-0.3, -0.25) is 4.79 Å². The van der Waals surface area contributed by atoms with Crippen LogP contribution in [0.4, 0.5) is 8.78 Å². The van der Waals surface area contributed by atoms with Crippen LogP contribution >= 0.6 is 0 Å². The molecule has 76 valence electrons. The SMILES string of the molecule is N[C@H](C(=O)O)C1CCC(F)(F)CC1. The third-order valence-electron chi connectivity index (χ3n) is 2.55. The molecule has 0 saturated heterocycles. The van der Waals surface area contributed by atoms with Crippen molar-refractivity contribution in [1.82, 2.24) is 0 Å². The number of carboxylic acid groups (broad SMARTS) is 1. The number of carboxylic acids is 1. The van der Waals surface area contributed by atoms with Gasteiger partial charge in [0.1, 0.15) is 6.04 Å². The number of rotatable bonds is 2. The van der Waals surface area contributed by atoms with Crippen LogP contribution in [0.3, 0.4) is 0 Å². The van der Waals surface area contributed by atoms with E-state index in [1.165, 1.54) is 0 Å². The fourth-order valence-electron chi connectivity index (χ4n) is 1.62. The first-order valence-corrected chi connectivity index (χ1v) is 4.28. The predicted molar refractivity (Wildman–Crippen MR) is 42.5 cm³/mol. The molecule has 1 saturated carbocycles. The van der Waals surface area contributed by atoms with Gasteiger partial charge in [0.25, 0.3) is 0 Å². The maximum atomic E-state index is 12.7. The molecule has 1 atom stereocenters. The highest BCUT2D eigenvalue weighted by Gasteiger charge is 2.38. The molecule has 0 spiro atoms. The molecule has 3 nitrogen and oxygen atoms in total. The summed E-state index contributed by atoms with van der Waals surface area (Å²) in [6, 6.07) is -0.990. The Kier molecular flexibility index (Phi) is 2.85. The van der Waals surface area contributed by atoms with E-state index < -0.39 is 17.9 Å². The van der Waals surface area contributed by atoms with Crippen molar-refractivity contribution in [2.24, 2.45) is 11.7 Å². The zero-order valence-corrected chi connectivity index (χ0v) is 7.17. The number of alkyl halides is 2. The van der Waals surface area contributed by atoms with Crippen molar-refractivity contribution < 1.29 is 18.7 Å². The van der Waals surface area contributed by atoms with E-state index in [1.54, 1.807) is 0 Å². The molecular weight excluding hydrogens is 180 g/mol. The monoisotopic (exact) mass is 193 g/mol. The average Bonchev–Trinajstić information content (AvgIpc) is 2.03. The van der Waals surface area contributed by atoms with Gasteiger partial charge in [0.05, 0.1) is 0 Å². The fourth-order valence-corrected chi connectivity index (χ4v) is 1.62. The summed E-state index contributed by atoms with van der Waals surface area (Å²) >= 11 is 0. The Morgan fingerprint density at radius 1 is 1.46 bits per heavy atom. The highest BCUT2D eigenvalue weighted by Crippen LogP contribution is 2.36. The molecule has 0 aromatic carbocycles. The summed E-state index contributed by atoms with van der Waals surface area (Å²) in [5.41, 5.74) is 5.34. The van der Waals surface area contributed by atoms with Gasteiger partial charge < -0.3 is 10.8 Å². The average molecular weight is 193 g/mol. The van der Waals surface area contributed by atoms with Gasteiger partial charge in [0.15, 0.2) is 0 Å². The number of hydrogen-bond acceptors (Lipinski definition) is 2. The second-order valence-electron chi connectivity index (χ2n) is 3.56. The number of halogens is 2. The molecule has 3 N–H and O–H groups in total. The minimum absolute atomic E-state index is 0.209. The predicted octanol–water partition coefficient (Wildman–Crippen LogP) is 1.22. The Bertz CT molecular complexity index is 198. The molecule has 0 aromatic rings. The fraction of sp³-hybridized carbons (Fsp3) is 0.875. The topological polar surface area (TPSA) is 63.3 Å². The molecule has 1 aliphatic carbocycles. The first-order chi connectivity index (χ1) is 5.92. The number of hydrogen-bond donors (Lipinski definition) is 2. The summed E-state index contributed by atoms with van der Waals surface area (Å²) in [5.74, 6) is -4.01. The van der Waals surface area contributed by atoms with Crippen LogP contribution in [-0.2, 0) is 4.79 Å². The van der Waals surface area contributed by atoms with Crippen molar-refractivity contribution in [3.8, 4) is 0 Å². The van der Waals surface area contributed by atoms with E-state index in [1.807, 2.05) is 0 Å². The molecule has 13 heavy (non-hydrogen) atoms. The van der Waals surface area contributed by atoms with Gasteiger partial charge in [-0.15, -0.1) is 0 Å². The molecule has 1 fully saturated rings. The number of carbonyl (C=O) groups is 1. The molecular formula is C8H13F2NO2. The summed E-state index contributed by atoms with van der Waals surface area (Å²) in [6.07, 6.45) is -0.0573. The van der Waals surface area contributed by atoms with Crippen molar-refractivity contribution in [1.29, 1.82) is 0 Å². The van der Waals surface area contributed by atoms with E-state index in [0.717, 1.165) is 0 Å². The molecule has 1 aliphatic rings. The van der Waals surface area contributed by atoms with Crippen LogP contribution in [0, 0.1) is 5.92 Å². The molecule has 0 aromatic heterocycles. The lowest BCUT2D eigenvalue weighted by Gasteiger charge is -2.30. The summed E-state index contributed by atoms with van der Waals surface area (Å²) in [7, 11) is 0. The van der Waals surface area contributed by atoms with Crippen LogP contribution in [0.25, 0.3) is 0 Å². The number of nitrogens with two attached hydrogens (primary N) is 1. The molecule has 0 heterocycles. The Balaban J connectivity index is 2.45. The van der Waals surface area contributed by atoms with Crippen LogP contribution in [0.1, 0.15) is 25.7 Å². The zero-order valence-electron chi connectivity index (χ0n) is 7.17. The van der Waals surface area contributed by atoms with E-state index >= 15 is 0 Å². The Morgan fingerprint density at radius 3 is 2.31 bits per heavy atom. The van der Waals surface area contributed by atoms with Crippen molar-refractivity contribution in [2.45, 2.75) is 37.6 Å². The molecule has 0 aliphatic heterocycles. The van der Waals surface area contributed by atoms with Crippen molar-refractivity contribution in [3.05, 3.63) is 0 Å².